The van der Waals surface area contributed by atoms with Crippen molar-refractivity contribution in [3.05, 3.63) is 11.6 Å². The van der Waals surface area contributed by atoms with Crippen molar-refractivity contribution in [3.63, 3.8) is 0 Å². The molecular weight excluding hydrogens is 114 g/mol. The summed E-state index contributed by atoms with van der Waals surface area (Å²) in [6.45, 7) is 2.67. The van der Waals surface area contributed by atoms with Gasteiger partial charge in [0.2, 0.25) is 5.91 Å². The molecular formula is C7H11NO. The Labute approximate surface area is 54.9 Å². The molecule has 0 aromatic heterocycles. The molecule has 50 valence electrons. The molecule has 0 radical (unpaired) electrons. The second-order valence-electron chi connectivity index (χ2n) is 2.29. The zero-order valence-electron chi connectivity index (χ0n) is 5.61. The van der Waals surface area contributed by atoms with E-state index >= 15 is 0 Å². The first-order chi connectivity index (χ1) is 4.30. The molecule has 0 aromatic rings. The summed E-state index contributed by atoms with van der Waals surface area (Å²) >= 11 is 0. The van der Waals surface area contributed by atoms with E-state index in [-0.39, 0.29) is 5.91 Å². The van der Waals surface area contributed by atoms with E-state index in [1.165, 1.54) is 0 Å². The van der Waals surface area contributed by atoms with Gasteiger partial charge in [-0.05, 0) is 19.8 Å². The fourth-order valence-electron chi connectivity index (χ4n) is 0.855. The Morgan fingerprint density at radius 1 is 1.67 bits per heavy atom. The second kappa shape index (κ2) is 2.67. The van der Waals surface area contributed by atoms with Crippen LogP contribution in [0.5, 0.6) is 0 Å². The third-order valence-corrected chi connectivity index (χ3v) is 1.48. The van der Waals surface area contributed by atoms with Crippen LogP contribution in [0.3, 0.4) is 0 Å². The van der Waals surface area contributed by atoms with Crippen molar-refractivity contribution in [1.29, 1.82) is 0 Å². The number of hydrogen-bond donors (Lipinski definition) is 1. The van der Waals surface area contributed by atoms with Gasteiger partial charge >= 0.3 is 0 Å². The smallest absolute Gasteiger partial charge is 0.246 e. The number of carbonyl (C=O) groups is 1. The number of allylic oxidation sites excluding steroid dienone is 1. The molecule has 1 heterocycles. The highest BCUT2D eigenvalue weighted by atomic mass is 16.1. The van der Waals surface area contributed by atoms with E-state index in [1.807, 2.05) is 13.0 Å². The quantitative estimate of drug-likeness (QED) is 0.510. The molecule has 0 bridgehead atoms. The summed E-state index contributed by atoms with van der Waals surface area (Å²) in [6, 6.07) is 0. The van der Waals surface area contributed by atoms with Crippen molar-refractivity contribution >= 4 is 5.91 Å². The predicted octanol–water partition coefficient (Wildman–Crippen LogP) is 0.843. The average molecular weight is 125 g/mol. The molecule has 1 N–H and O–H groups in total. The summed E-state index contributed by atoms with van der Waals surface area (Å²) in [7, 11) is 0. The zero-order chi connectivity index (χ0) is 6.69. The van der Waals surface area contributed by atoms with Gasteiger partial charge in [0.15, 0.2) is 0 Å². The van der Waals surface area contributed by atoms with E-state index in [0.29, 0.717) is 0 Å². The Morgan fingerprint density at radius 3 is 3.22 bits per heavy atom. The number of hydrogen-bond acceptors (Lipinski definition) is 1. The molecule has 0 spiro atoms. The van der Waals surface area contributed by atoms with Gasteiger partial charge in [-0.3, -0.25) is 4.79 Å². The molecule has 1 rings (SSSR count). The van der Waals surface area contributed by atoms with Gasteiger partial charge in [-0.15, -0.1) is 0 Å². The standard InChI is InChI=1S/C7H11NO/c1-6-4-2-3-5-8-7(6)9/h4H,2-3,5H2,1H3,(H,8,9). The van der Waals surface area contributed by atoms with Crippen LogP contribution >= 0.6 is 0 Å². The van der Waals surface area contributed by atoms with Gasteiger partial charge in [0, 0.05) is 12.1 Å². The van der Waals surface area contributed by atoms with Gasteiger partial charge in [-0.2, -0.15) is 0 Å². The van der Waals surface area contributed by atoms with E-state index in [4.69, 9.17) is 0 Å². The minimum absolute atomic E-state index is 0.0903. The van der Waals surface area contributed by atoms with Crippen molar-refractivity contribution in [1.82, 2.24) is 5.32 Å². The van der Waals surface area contributed by atoms with E-state index in [0.717, 1.165) is 25.0 Å². The van der Waals surface area contributed by atoms with E-state index in [1.54, 1.807) is 0 Å². The minimum Gasteiger partial charge on any atom is -0.352 e. The van der Waals surface area contributed by atoms with Crippen molar-refractivity contribution in [2.45, 2.75) is 19.8 Å². The molecule has 1 aliphatic rings. The number of rotatable bonds is 0. The summed E-state index contributed by atoms with van der Waals surface area (Å²) in [5.74, 6) is 0.0903. The van der Waals surface area contributed by atoms with Crippen LogP contribution in [0.15, 0.2) is 11.6 Å². The summed E-state index contributed by atoms with van der Waals surface area (Å²) < 4.78 is 0. The van der Waals surface area contributed by atoms with Crippen molar-refractivity contribution in [2.75, 3.05) is 6.54 Å². The average Bonchev–Trinajstić information content (AvgIpc) is 1.99. The molecule has 9 heavy (non-hydrogen) atoms. The Morgan fingerprint density at radius 2 is 2.44 bits per heavy atom. The number of amides is 1. The molecule has 1 amide bonds. The highest BCUT2D eigenvalue weighted by Gasteiger charge is 2.04. The summed E-state index contributed by atoms with van der Waals surface area (Å²) in [6.07, 6.45) is 4.09. The fraction of sp³-hybridized carbons (Fsp3) is 0.571. The van der Waals surface area contributed by atoms with Crippen molar-refractivity contribution in [2.24, 2.45) is 0 Å². The molecule has 0 saturated carbocycles. The minimum atomic E-state index is 0.0903. The molecule has 0 unspecified atom stereocenters. The van der Waals surface area contributed by atoms with Gasteiger partial charge in [0.25, 0.3) is 0 Å². The highest BCUT2D eigenvalue weighted by molar-refractivity contribution is 5.92. The van der Waals surface area contributed by atoms with Crippen molar-refractivity contribution in [3.8, 4) is 0 Å². The largest absolute Gasteiger partial charge is 0.352 e. The number of carbonyl (C=O) groups excluding carboxylic acids is 1. The Bertz CT molecular complexity index is 149. The summed E-state index contributed by atoms with van der Waals surface area (Å²) in [5, 5.41) is 2.79. The third-order valence-electron chi connectivity index (χ3n) is 1.48. The maximum Gasteiger partial charge on any atom is 0.246 e. The van der Waals surface area contributed by atoms with E-state index in [2.05, 4.69) is 5.32 Å². The molecule has 0 atom stereocenters. The first-order valence-corrected chi connectivity index (χ1v) is 3.25. The normalized spacial score (nSPS) is 20.1. The van der Waals surface area contributed by atoms with Crippen LogP contribution in [0.1, 0.15) is 19.8 Å². The van der Waals surface area contributed by atoms with Crippen LogP contribution in [0.25, 0.3) is 0 Å². The Kier molecular flexibility index (Phi) is 1.88. The topological polar surface area (TPSA) is 29.1 Å². The van der Waals surface area contributed by atoms with E-state index in [9.17, 15) is 4.79 Å². The maximum atomic E-state index is 10.8. The molecule has 2 nitrogen and oxygen atoms in total. The highest BCUT2D eigenvalue weighted by Crippen LogP contribution is 2.01. The van der Waals surface area contributed by atoms with Gasteiger partial charge in [0.1, 0.15) is 0 Å². The van der Waals surface area contributed by atoms with Gasteiger partial charge < -0.3 is 5.32 Å². The second-order valence-corrected chi connectivity index (χ2v) is 2.29. The molecule has 2 heteroatoms. The first-order valence-electron chi connectivity index (χ1n) is 3.25. The lowest BCUT2D eigenvalue weighted by Crippen LogP contribution is -2.22. The number of nitrogens with one attached hydrogen (secondary N) is 1. The molecule has 1 aliphatic heterocycles. The molecule has 0 aliphatic carbocycles. The predicted molar refractivity (Wildman–Crippen MR) is 36.0 cm³/mol. The van der Waals surface area contributed by atoms with Crippen LogP contribution < -0.4 is 5.32 Å². The van der Waals surface area contributed by atoms with Crippen LogP contribution in [0.4, 0.5) is 0 Å². The molecule has 0 fully saturated rings. The monoisotopic (exact) mass is 125 g/mol. The van der Waals surface area contributed by atoms with Crippen LogP contribution in [-0.2, 0) is 4.79 Å². The van der Waals surface area contributed by atoms with Crippen LogP contribution in [0.2, 0.25) is 0 Å². The summed E-state index contributed by atoms with van der Waals surface area (Å²) in [5.41, 5.74) is 0.854. The Balaban J connectivity index is 2.61. The first kappa shape index (κ1) is 6.33. The zero-order valence-corrected chi connectivity index (χ0v) is 5.61. The third kappa shape index (κ3) is 1.56. The maximum absolute atomic E-state index is 10.8. The van der Waals surface area contributed by atoms with Crippen LogP contribution in [0, 0.1) is 0 Å². The molecule has 0 aromatic carbocycles. The molecule has 0 saturated heterocycles. The van der Waals surface area contributed by atoms with Crippen LogP contribution in [-0.4, -0.2) is 12.5 Å². The lowest BCUT2D eigenvalue weighted by atomic mass is 10.2. The van der Waals surface area contributed by atoms with Gasteiger partial charge in [-0.25, -0.2) is 0 Å². The fourth-order valence-corrected chi connectivity index (χ4v) is 0.855. The van der Waals surface area contributed by atoms with Crippen molar-refractivity contribution < 1.29 is 4.79 Å². The Hall–Kier alpha value is -0.790. The summed E-state index contributed by atoms with van der Waals surface area (Å²) in [4.78, 5) is 10.8. The van der Waals surface area contributed by atoms with Gasteiger partial charge in [-0.1, -0.05) is 6.08 Å². The lowest BCUT2D eigenvalue weighted by molar-refractivity contribution is -0.117. The lowest BCUT2D eigenvalue weighted by Gasteiger charge is -1.97. The van der Waals surface area contributed by atoms with Gasteiger partial charge in [0.05, 0.1) is 0 Å². The SMILES string of the molecule is CC1=CCCCNC1=O. The van der Waals surface area contributed by atoms with E-state index < -0.39 is 0 Å².